The summed E-state index contributed by atoms with van der Waals surface area (Å²) in [4.78, 5) is 11.8. The molecule has 0 spiro atoms. The van der Waals surface area contributed by atoms with Crippen molar-refractivity contribution in [2.24, 2.45) is 0 Å². The highest BCUT2D eigenvalue weighted by atomic mass is 28.3. The highest BCUT2D eigenvalue weighted by molar-refractivity contribution is 6.83. The van der Waals surface area contributed by atoms with Crippen molar-refractivity contribution in [2.45, 2.75) is 79.6 Å². The van der Waals surface area contributed by atoms with Gasteiger partial charge in [0.2, 0.25) is 0 Å². The summed E-state index contributed by atoms with van der Waals surface area (Å²) in [5.74, 6) is 5.07. The predicted molar refractivity (Wildman–Crippen MR) is 146 cm³/mol. The quantitative estimate of drug-likeness (QED) is 0.179. The van der Waals surface area contributed by atoms with Gasteiger partial charge in [0.25, 0.3) is 0 Å². The zero-order valence-electron chi connectivity index (χ0n) is 22.3. The van der Waals surface area contributed by atoms with Crippen LogP contribution < -0.4 is 4.74 Å². The van der Waals surface area contributed by atoms with Gasteiger partial charge < -0.3 is 13.9 Å². The summed E-state index contributed by atoms with van der Waals surface area (Å²) in [5, 5.41) is 1.08. The van der Waals surface area contributed by atoms with E-state index in [4.69, 9.17) is 13.9 Å². The van der Waals surface area contributed by atoms with E-state index in [1.807, 2.05) is 13.0 Å². The molecule has 0 radical (unpaired) electrons. The van der Waals surface area contributed by atoms with E-state index in [9.17, 15) is 4.79 Å². The van der Waals surface area contributed by atoms with E-state index in [1.54, 1.807) is 0 Å². The topological polar surface area (TPSA) is 48.7 Å². The summed E-state index contributed by atoms with van der Waals surface area (Å²) in [6.07, 6.45) is 3.00. The van der Waals surface area contributed by atoms with E-state index in [2.05, 4.69) is 76.1 Å². The monoisotopic (exact) mass is 490 g/mol. The van der Waals surface area contributed by atoms with Crippen LogP contribution in [0.2, 0.25) is 19.6 Å². The summed E-state index contributed by atoms with van der Waals surface area (Å²) < 4.78 is 17.6. The average Bonchev–Trinajstić information content (AvgIpc) is 3.20. The number of benzene rings is 2. The zero-order chi connectivity index (χ0) is 25.6. The fourth-order valence-electron chi connectivity index (χ4n) is 3.99. The van der Waals surface area contributed by atoms with Crippen molar-refractivity contribution in [1.82, 2.24) is 0 Å². The van der Waals surface area contributed by atoms with Gasteiger partial charge in [0, 0.05) is 29.4 Å². The van der Waals surface area contributed by atoms with Gasteiger partial charge in [-0.05, 0) is 74.6 Å². The predicted octanol–water partition coefficient (Wildman–Crippen LogP) is 7.31. The van der Waals surface area contributed by atoms with E-state index in [0.717, 1.165) is 63.1 Å². The van der Waals surface area contributed by atoms with Crippen LogP contribution in [0.3, 0.4) is 0 Å². The lowest BCUT2D eigenvalue weighted by Gasteiger charge is -2.15. The molecule has 0 atom stereocenters. The highest BCUT2D eigenvalue weighted by Gasteiger charge is 2.14. The third kappa shape index (κ3) is 7.26. The Bertz CT molecular complexity index is 1250. The molecule has 0 saturated heterocycles. The van der Waals surface area contributed by atoms with Gasteiger partial charge in [-0.3, -0.25) is 4.79 Å². The molecule has 1 heterocycles. The van der Waals surface area contributed by atoms with Gasteiger partial charge in [0.05, 0.1) is 6.61 Å². The molecule has 0 aliphatic heterocycles. The van der Waals surface area contributed by atoms with Crippen molar-refractivity contribution in [2.75, 3.05) is 6.61 Å². The second kappa shape index (κ2) is 11.6. The summed E-state index contributed by atoms with van der Waals surface area (Å²) in [6.45, 7) is 15.7. The Hall–Kier alpha value is -2.97. The molecular weight excluding hydrogens is 452 g/mol. The molecule has 0 N–H and O–H groups in total. The number of rotatable bonds is 9. The molecule has 1 aromatic heterocycles. The molecule has 0 aliphatic carbocycles. The summed E-state index contributed by atoms with van der Waals surface area (Å²) in [7, 11) is -1.49. The molecule has 5 heteroatoms. The Morgan fingerprint density at radius 2 is 1.77 bits per heavy atom. The largest absolute Gasteiger partial charge is 0.488 e. The van der Waals surface area contributed by atoms with Crippen LogP contribution in [0.4, 0.5) is 0 Å². The third-order valence-electron chi connectivity index (χ3n) is 5.96. The number of carbonyl (C=O) groups excluding carboxylic acids is 1. The molecule has 4 nitrogen and oxygen atoms in total. The lowest BCUT2D eigenvalue weighted by atomic mass is 9.99. The van der Waals surface area contributed by atoms with Crippen molar-refractivity contribution in [3.05, 3.63) is 63.9 Å². The summed E-state index contributed by atoms with van der Waals surface area (Å²) in [5.41, 5.74) is 9.74. The fraction of sp³-hybridized carbons (Fsp3) is 0.433. The second-order valence-electron chi connectivity index (χ2n) is 10.1. The molecule has 186 valence electrons. The smallest absolute Gasteiger partial charge is 0.306 e. The van der Waals surface area contributed by atoms with E-state index < -0.39 is 8.07 Å². The van der Waals surface area contributed by atoms with Crippen LogP contribution in [0, 0.1) is 25.3 Å². The normalized spacial score (nSPS) is 11.3. The van der Waals surface area contributed by atoms with Crippen LogP contribution >= 0.6 is 0 Å². The Labute approximate surface area is 211 Å². The van der Waals surface area contributed by atoms with Gasteiger partial charge in [0.15, 0.2) is 0 Å². The molecule has 0 saturated carbocycles. The molecule has 0 fully saturated rings. The molecule has 0 unspecified atom stereocenters. The first kappa shape index (κ1) is 26.6. The first-order chi connectivity index (χ1) is 16.6. The first-order valence-corrected chi connectivity index (χ1v) is 16.1. The fourth-order valence-corrected chi connectivity index (χ4v) is 4.51. The number of hydrogen-bond donors (Lipinski definition) is 0. The Kier molecular flexibility index (Phi) is 8.85. The molecular formula is C30H38O4Si. The minimum atomic E-state index is -1.49. The Morgan fingerprint density at radius 3 is 2.46 bits per heavy atom. The van der Waals surface area contributed by atoms with E-state index in [0.29, 0.717) is 26.1 Å². The number of ether oxygens (including phenoxy) is 2. The second-order valence-corrected chi connectivity index (χ2v) is 14.8. The van der Waals surface area contributed by atoms with Crippen LogP contribution in [0.5, 0.6) is 5.75 Å². The van der Waals surface area contributed by atoms with Crippen LogP contribution in [0.25, 0.3) is 11.0 Å². The van der Waals surface area contributed by atoms with Gasteiger partial charge in [-0.1, -0.05) is 38.6 Å². The molecule has 0 amide bonds. The molecule has 3 aromatic rings. The minimum Gasteiger partial charge on any atom is -0.488 e. The van der Waals surface area contributed by atoms with Crippen molar-refractivity contribution in [1.29, 1.82) is 0 Å². The molecule has 2 aromatic carbocycles. The summed E-state index contributed by atoms with van der Waals surface area (Å²) in [6, 6.07) is 10.4. The number of fused-ring (bicyclic) bond motifs is 1. The minimum absolute atomic E-state index is 0.160. The van der Waals surface area contributed by atoms with E-state index in [-0.39, 0.29) is 5.97 Å². The van der Waals surface area contributed by atoms with E-state index >= 15 is 0 Å². The standard InChI is InChI=1S/C30H38O4Si/c1-8-10-27-19-25-17-23(15-16-35(5,6)7)18-26(30(25)34-27)20-33-28-13-11-24(21(3)22(28)4)12-14-29(31)32-9-2/h11,13,17-19H,8-10,12,14,20H2,1-7H3. The number of esters is 1. The highest BCUT2D eigenvalue weighted by Crippen LogP contribution is 2.29. The molecule has 35 heavy (non-hydrogen) atoms. The number of hydrogen-bond acceptors (Lipinski definition) is 4. The maximum absolute atomic E-state index is 11.8. The van der Waals surface area contributed by atoms with Crippen LogP contribution in [-0.2, 0) is 29.0 Å². The van der Waals surface area contributed by atoms with Crippen molar-refractivity contribution < 1.29 is 18.7 Å². The molecule has 0 bridgehead atoms. The van der Waals surface area contributed by atoms with Gasteiger partial charge in [-0.2, -0.15) is 0 Å². The van der Waals surface area contributed by atoms with Gasteiger partial charge >= 0.3 is 5.97 Å². The zero-order valence-corrected chi connectivity index (χ0v) is 23.3. The van der Waals surface area contributed by atoms with Gasteiger partial charge in [0.1, 0.15) is 31.8 Å². The number of furan rings is 1. The Balaban J connectivity index is 1.86. The van der Waals surface area contributed by atoms with Crippen LogP contribution in [-0.4, -0.2) is 20.7 Å². The number of aryl methyl sites for hydroxylation is 2. The number of carbonyl (C=O) groups is 1. The Morgan fingerprint density at radius 1 is 1.00 bits per heavy atom. The first-order valence-electron chi connectivity index (χ1n) is 12.6. The third-order valence-corrected chi connectivity index (χ3v) is 6.83. The molecule has 0 aliphatic rings. The summed E-state index contributed by atoms with van der Waals surface area (Å²) >= 11 is 0. The van der Waals surface area contributed by atoms with Crippen molar-refractivity contribution in [3.8, 4) is 17.2 Å². The van der Waals surface area contributed by atoms with Gasteiger partial charge in [-0.25, -0.2) is 0 Å². The maximum atomic E-state index is 11.8. The lowest BCUT2D eigenvalue weighted by Crippen LogP contribution is -2.16. The maximum Gasteiger partial charge on any atom is 0.306 e. The van der Waals surface area contributed by atoms with Gasteiger partial charge in [-0.15, -0.1) is 5.54 Å². The van der Waals surface area contributed by atoms with Crippen LogP contribution in [0.15, 0.2) is 34.7 Å². The van der Waals surface area contributed by atoms with Crippen molar-refractivity contribution in [3.63, 3.8) is 0 Å². The van der Waals surface area contributed by atoms with Crippen LogP contribution in [0.1, 0.15) is 60.3 Å². The average molecular weight is 491 g/mol. The van der Waals surface area contributed by atoms with Crippen molar-refractivity contribution >= 4 is 25.0 Å². The SMILES string of the molecule is CCCc1cc2cc(C#C[Si](C)(C)C)cc(COc3ccc(CCC(=O)OCC)c(C)c3C)c2o1. The van der Waals surface area contributed by atoms with E-state index in [1.165, 1.54) is 0 Å². The molecule has 3 rings (SSSR count). The lowest BCUT2D eigenvalue weighted by molar-refractivity contribution is -0.143.